The molecule has 0 unspecified atom stereocenters. The van der Waals surface area contributed by atoms with Crippen LogP contribution in [0.5, 0.6) is 0 Å². The largest absolute Gasteiger partial charge is 0.379 e. The number of hydrogen-bond donors (Lipinski definition) is 0. The number of rotatable bonds is 10. The second-order valence-corrected chi connectivity index (χ2v) is 9.39. The topological polar surface area (TPSA) is 53.1 Å². The van der Waals surface area contributed by atoms with Crippen LogP contribution < -0.4 is 0 Å². The lowest BCUT2D eigenvalue weighted by Crippen LogP contribution is -2.47. The Hall–Kier alpha value is -3.00. The summed E-state index contributed by atoms with van der Waals surface area (Å²) in [7, 11) is 0. The summed E-state index contributed by atoms with van der Waals surface area (Å²) in [6.07, 6.45) is 0. The number of morpholine rings is 1. The van der Waals surface area contributed by atoms with E-state index < -0.39 is 0 Å². The van der Waals surface area contributed by atoms with Gasteiger partial charge in [-0.05, 0) is 29.1 Å². The molecule has 4 rings (SSSR count). The summed E-state index contributed by atoms with van der Waals surface area (Å²) in [5, 5.41) is 2.02. The van der Waals surface area contributed by atoms with E-state index in [9.17, 15) is 9.59 Å². The fourth-order valence-corrected chi connectivity index (χ4v) is 4.71. The van der Waals surface area contributed by atoms with E-state index in [0.717, 1.165) is 30.1 Å². The third-order valence-electron chi connectivity index (χ3n) is 5.92. The molecule has 6 nitrogen and oxygen atoms in total. The van der Waals surface area contributed by atoms with E-state index in [0.29, 0.717) is 38.4 Å². The molecular formula is C27H31N3O3S. The van der Waals surface area contributed by atoms with Crippen LogP contribution >= 0.6 is 11.3 Å². The molecule has 178 valence electrons. The van der Waals surface area contributed by atoms with Crippen LogP contribution in [-0.4, -0.2) is 72.5 Å². The lowest BCUT2D eigenvalue weighted by molar-refractivity contribution is -0.133. The highest BCUT2D eigenvalue weighted by atomic mass is 32.1. The van der Waals surface area contributed by atoms with Gasteiger partial charge in [0.15, 0.2) is 0 Å². The van der Waals surface area contributed by atoms with Gasteiger partial charge in [-0.3, -0.25) is 14.5 Å². The molecule has 2 aromatic carbocycles. The Balaban J connectivity index is 1.49. The number of nitrogens with zero attached hydrogens (tertiary/aromatic N) is 3. The second-order valence-electron chi connectivity index (χ2n) is 8.36. The number of carbonyl (C=O) groups is 2. The van der Waals surface area contributed by atoms with Crippen LogP contribution in [0.3, 0.4) is 0 Å². The van der Waals surface area contributed by atoms with Gasteiger partial charge >= 0.3 is 0 Å². The summed E-state index contributed by atoms with van der Waals surface area (Å²) >= 11 is 1.64. The Morgan fingerprint density at radius 2 is 1.56 bits per heavy atom. The zero-order valence-corrected chi connectivity index (χ0v) is 20.2. The van der Waals surface area contributed by atoms with Crippen molar-refractivity contribution in [2.45, 2.75) is 13.1 Å². The smallest absolute Gasteiger partial charge is 0.254 e. The van der Waals surface area contributed by atoms with Gasteiger partial charge in [0.25, 0.3) is 5.91 Å². The van der Waals surface area contributed by atoms with Crippen LogP contribution in [0.2, 0.25) is 0 Å². The highest BCUT2D eigenvalue weighted by Crippen LogP contribution is 2.16. The van der Waals surface area contributed by atoms with Gasteiger partial charge in [-0.25, -0.2) is 0 Å². The SMILES string of the molecule is O=C(CN(CCN1CCOCC1)C(=O)c1ccccc1)N(Cc1ccccc1)Cc1cccs1. The molecule has 0 spiro atoms. The van der Waals surface area contributed by atoms with E-state index in [1.165, 1.54) is 0 Å². The van der Waals surface area contributed by atoms with Gasteiger partial charge in [0.2, 0.25) is 5.91 Å². The maximum atomic E-state index is 13.6. The van der Waals surface area contributed by atoms with Crippen molar-refractivity contribution in [1.82, 2.24) is 14.7 Å². The van der Waals surface area contributed by atoms with Crippen LogP contribution in [0.1, 0.15) is 20.8 Å². The Bertz CT molecular complexity index is 1020. The van der Waals surface area contributed by atoms with Gasteiger partial charge in [-0.2, -0.15) is 0 Å². The predicted molar refractivity (Wildman–Crippen MR) is 135 cm³/mol. The first-order valence-electron chi connectivity index (χ1n) is 11.7. The lowest BCUT2D eigenvalue weighted by atomic mass is 10.2. The number of ether oxygens (including phenoxy) is 1. The Morgan fingerprint density at radius 3 is 2.24 bits per heavy atom. The van der Waals surface area contributed by atoms with E-state index in [1.807, 2.05) is 83.1 Å². The summed E-state index contributed by atoms with van der Waals surface area (Å²) in [5.41, 5.74) is 1.67. The third-order valence-corrected chi connectivity index (χ3v) is 6.78. The van der Waals surface area contributed by atoms with E-state index in [4.69, 9.17) is 4.74 Å². The van der Waals surface area contributed by atoms with E-state index in [2.05, 4.69) is 4.90 Å². The fraction of sp³-hybridized carbons (Fsp3) is 0.333. The molecule has 2 heterocycles. The number of hydrogen-bond acceptors (Lipinski definition) is 5. The first-order chi connectivity index (χ1) is 16.7. The monoisotopic (exact) mass is 477 g/mol. The van der Waals surface area contributed by atoms with Crippen molar-refractivity contribution in [2.24, 2.45) is 0 Å². The van der Waals surface area contributed by atoms with Gasteiger partial charge in [0.05, 0.1) is 19.8 Å². The van der Waals surface area contributed by atoms with Gasteiger partial charge in [-0.1, -0.05) is 54.6 Å². The van der Waals surface area contributed by atoms with E-state index in [1.54, 1.807) is 16.2 Å². The van der Waals surface area contributed by atoms with Gasteiger partial charge < -0.3 is 14.5 Å². The van der Waals surface area contributed by atoms with Crippen molar-refractivity contribution < 1.29 is 14.3 Å². The second kappa shape index (κ2) is 12.5. The van der Waals surface area contributed by atoms with Gasteiger partial charge in [-0.15, -0.1) is 11.3 Å². The molecule has 1 saturated heterocycles. The third kappa shape index (κ3) is 7.00. The van der Waals surface area contributed by atoms with Crippen LogP contribution in [0.4, 0.5) is 0 Å². The number of amides is 2. The summed E-state index contributed by atoms with van der Waals surface area (Å²) < 4.78 is 5.44. The minimum Gasteiger partial charge on any atom is -0.379 e. The standard InChI is InChI=1S/C27H31N3O3S/c31-26(30(21-25-12-7-19-34-25)20-23-8-3-1-4-9-23)22-29(14-13-28-15-17-33-18-16-28)27(32)24-10-5-2-6-11-24/h1-12,19H,13-18,20-22H2. The quantitative estimate of drug-likeness (QED) is 0.446. The molecule has 34 heavy (non-hydrogen) atoms. The maximum absolute atomic E-state index is 13.6. The van der Waals surface area contributed by atoms with Crippen molar-refractivity contribution in [1.29, 1.82) is 0 Å². The molecule has 0 radical (unpaired) electrons. The maximum Gasteiger partial charge on any atom is 0.254 e. The molecule has 1 fully saturated rings. The normalized spacial score (nSPS) is 14.0. The lowest BCUT2D eigenvalue weighted by Gasteiger charge is -2.31. The highest BCUT2D eigenvalue weighted by molar-refractivity contribution is 7.09. The molecular weight excluding hydrogens is 446 g/mol. The zero-order chi connectivity index (χ0) is 23.6. The van der Waals surface area contributed by atoms with Crippen LogP contribution in [0.15, 0.2) is 78.2 Å². The van der Waals surface area contributed by atoms with Crippen molar-refractivity contribution >= 4 is 23.2 Å². The molecule has 1 aromatic heterocycles. The zero-order valence-electron chi connectivity index (χ0n) is 19.3. The van der Waals surface area contributed by atoms with Crippen LogP contribution in [-0.2, 0) is 22.6 Å². The molecule has 0 saturated carbocycles. The molecule has 0 bridgehead atoms. The van der Waals surface area contributed by atoms with Crippen molar-refractivity contribution in [2.75, 3.05) is 45.9 Å². The van der Waals surface area contributed by atoms with Crippen LogP contribution in [0.25, 0.3) is 0 Å². The summed E-state index contributed by atoms with van der Waals surface area (Å²) in [4.78, 5) is 33.9. The molecule has 1 aliphatic rings. The van der Waals surface area contributed by atoms with Crippen LogP contribution in [0, 0.1) is 0 Å². The molecule has 2 amide bonds. The molecule has 0 atom stereocenters. The Kier molecular flexibility index (Phi) is 8.84. The minimum atomic E-state index is -0.113. The molecule has 1 aliphatic heterocycles. The predicted octanol–water partition coefficient (Wildman–Crippen LogP) is 3.75. The van der Waals surface area contributed by atoms with Gasteiger partial charge in [0, 0.05) is 43.2 Å². The summed E-state index contributed by atoms with van der Waals surface area (Å²) in [6.45, 7) is 5.41. The molecule has 0 aliphatic carbocycles. The Morgan fingerprint density at radius 1 is 0.853 bits per heavy atom. The molecule has 7 heteroatoms. The highest BCUT2D eigenvalue weighted by Gasteiger charge is 2.24. The summed E-state index contributed by atoms with van der Waals surface area (Å²) in [6, 6.07) is 23.3. The Labute approximate surface area is 205 Å². The number of benzene rings is 2. The van der Waals surface area contributed by atoms with Crippen molar-refractivity contribution in [3.63, 3.8) is 0 Å². The average molecular weight is 478 g/mol. The van der Waals surface area contributed by atoms with Crippen molar-refractivity contribution in [3.8, 4) is 0 Å². The number of thiophene rings is 1. The average Bonchev–Trinajstić information content (AvgIpc) is 3.40. The fourth-order valence-electron chi connectivity index (χ4n) is 3.99. The molecule has 3 aromatic rings. The first kappa shape index (κ1) is 24.1. The van der Waals surface area contributed by atoms with E-state index in [-0.39, 0.29) is 18.4 Å². The minimum absolute atomic E-state index is 0.0519. The molecule has 0 N–H and O–H groups in total. The van der Waals surface area contributed by atoms with E-state index >= 15 is 0 Å². The number of carbonyl (C=O) groups excluding carboxylic acids is 2. The van der Waals surface area contributed by atoms with Gasteiger partial charge in [0.1, 0.15) is 6.54 Å². The summed E-state index contributed by atoms with van der Waals surface area (Å²) in [5.74, 6) is -0.165. The van der Waals surface area contributed by atoms with Crippen molar-refractivity contribution in [3.05, 3.63) is 94.2 Å². The first-order valence-corrected chi connectivity index (χ1v) is 12.6.